The minimum absolute atomic E-state index is 0.473. The predicted octanol–water partition coefficient (Wildman–Crippen LogP) is 3.04. The lowest BCUT2D eigenvalue weighted by Crippen LogP contribution is -2.40. The van der Waals surface area contributed by atoms with Crippen molar-refractivity contribution in [1.82, 2.24) is 10.2 Å². The highest BCUT2D eigenvalue weighted by Gasteiger charge is 2.30. The average Bonchev–Trinajstić information content (AvgIpc) is 2.93. The summed E-state index contributed by atoms with van der Waals surface area (Å²) in [6.07, 6.45) is 3.92. The van der Waals surface area contributed by atoms with Gasteiger partial charge in [0, 0.05) is 25.2 Å². The van der Waals surface area contributed by atoms with E-state index in [0.29, 0.717) is 6.54 Å². The van der Waals surface area contributed by atoms with Crippen LogP contribution in [0.4, 0.5) is 0 Å². The van der Waals surface area contributed by atoms with Crippen LogP contribution in [0.2, 0.25) is 5.02 Å². The highest BCUT2D eigenvalue weighted by molar-refractivity contribution is 6.30. The third-order valence-corrected chi connectivity index (χ3v) is 4.34. The Bertz CT molecular complexity index is 495. The Morgan fingerprint density at radius 3 is 2.55 bits per heavy atom. The maximum Gasteiger partial charge on any atom is 0.194 e. The molecule has 1 aromatic carbocycles. The molecular weight excluding hydrogens is 298 g/mol. The number of guanidine groups is 1. The van der Waals surface area contributed by atoms with Crippen molar-refractivity contribution in [3.05, 3.63) is 34.9 Å². The summed E-state index contributed by atoms with van der Waals surface area (Å²) in [6.45, 7) is 4.08. The number of rotatable bonds is 5. The fourth-order valence-corrected chi connectivity index (χ4v) is 2.95. The minimum Gasteiger partial charge on any atom is -0.388 e. The van der Waals surface area contributed by atoms with E-state index in [2.05, 4.69) is 22.1 Å². The van der Waals surface area contributed by atoms with Gasteiger partial charge in [0.2, 0.25) is 0 Å². The molecule has 1 fully saturated rings. The van der Waals surface area contributed by atoms with Crippen LogP contribution in [0.15, 0.2) is 29.3 Å². The molecule has 0 atom stereocenters. The number of aliphatic hydroxyl groups is 1. The van der Waals surface area contributed by atoms with Crippen LogP contribution in [0.1, 0.15) is 38.2 Å². The van der Waals surface area contributed by atoms with Crippen molar-refractivity contribution in [3.63, 3.8) is 0 Å². The molecule has 0 saturated heterocycles. The fourth-order valence-electron chi connectivity index (χ4n) is 2.82. The van der Waals surface area contributed by atoms with E-state index in [9.17, 15) is 5.11 Å². The first-order chi connectivity index (χ1) is 10.5. The van der Waals surface area contributed by atoms with Gasteiger partial charge in [0.05, 0.1) is 12.1 Å². The van der Waals surface area contributed by atoms with E-state index in [-0.39, 0.29) is 0 Å². The molecule has 0 aliphatic heterocycles. The molecule has 0 radical (unpaired) electrons. The first-order valence-corrected chi connectivity index (χ1v) is 8.36. The molecule has 2 rings (SSSR count). The molecule has 5 heteroatoms. The van der Waals surface area contributed by atoms with Crippen molar-refractivity contribution in [3.8, 4) is 0 Å². The van der Waals surface area contributed by atoms with Crippen LogP contribution < -0.4 is 5.32 Å². The van der Waals surface area contributed by atoms with Crippen molar-refractivity contribution in [2.24, 2.45) is 4.99 Å². The number of hydrogen-bond acceptors (Lipinski definition) is 2. The maximum atomic E-state index is 10.4. The molecule has 1 aliphatic rings. The SMILES string of the molecule is CCNC(=NCC1(O)CCCC1)N(C)Cc1ccc(Cl)cc1. The van der Waals surface area contributed by atoms with E-state index < -0.39 is 5.60 Å². The predicted molar refractivity (Wildman–Crippen MR) is 92.3 cm³/mol. The third kappa shape index (κ3) is 4.89. The normalized spacial score (nSPS) is 17.5. The van der Waals surface area contributed by atoms with Gasteiger partial charge in [-0.15, -0.1) is 0 Å². The summed E-state index contributed by atoms with van der Waals surface area (Å²) in [4.78, 5) is 6.71. The molecule has 0 unspecified atom stereocenters. The molecule has 0 amide bonds. The van der Waals surface area contributed by atoms with Crippen molar-refractivity contribution in [2.75, 3.05) is 20.1 Å². The molecular formula is C17H26ClN3O. The summed E-state index contributed by atoms with van der Waals surface area (Å²) in [5.74, 6) is 0.831. The number of nitrogens with one attached hydrogen (secondary N) is 1. The number of aliphatic imine (C=N–C) groups is 1. The van der Waals surface area contributed by atoms with E-state index in [1.54, 1.807) is 0 Å². The van der Waals surface area contributed by atoms with Gasteiger partial charge in [-0.3, -0.25) is 4.99 Å². The van der Waals surface area contributed by atoms with E-state index >= 15 is 0 Å². The zero-order chi connectivity index (χ0) is 16.0. The van der Waals surface area contributed by atoms with Gasteiger partial charge in [-0.25, -0.2) is 0 Å². The van der Waals surface area contributed by atoms with Crippen LogP contribution in [-0.2, 0) is 6.54 Å². The van der Waals surface area contributed by atoms with E-state index in [1.807, 2.05) is 31.3 Å². The van der Waals surface area contributed by atoms with Gasteiger partial charge < -0.3 is 15.3 Å². The fraction of sp³-hybridized carbons (Fsp3) is 0.588. The summed E-state index contributed by atoms with van der Waals surface area (Å²) < 4.78 is 0. The Kier molecular flexibility index (Phi) is 6.09. The highest BCUT2D eigenvalue weighted by atomic mass is 35.5. The van der Waals surface area contributed by atoms with Crippen LogP contribution >= 0.6 is 11.6 Å². The van der Waals surface area contributed by atoms with Gasteiger partial charge >= 0.3 is 0 Å². The lowest BCUT2D eigenvalue weighted by molar-refractivity contribution is 0.0572. The number of nitrogens with zero attached hydrogens (tertiary/aromatic N) is 2. The second kappa shape index (κ2) is 7.84. The summed E-state index contributed by atoms with van der Waals surface area (Å²) >= 11 is 5.92. The van der Waals surface area contributed by atoms with Gasteiger partial charge in [-0.05, 0) is 37.5 Å². The van der Waals surface area contributed by atoms with E-state index in [1.165, 1.54) is 5.56 Å². The van der Waals surface area contributed by atoms with Crippen molar-refractivity contribution in [2.45, 2.75) is 44.8 Å². The number of hydrogen-bond donors (Lipinski definition) is 2. The highest BCUT2D eigenvalue weighted by Crippen LogP contribution is 2.29. The van der Waals surface area contributed by atoms with E-state index in [4.69, 9.17) is 11.6 Å². The number of benzene rings is 1. The van der Waals surface area contributed by atoms with Gasteiger partial charge in [-0.1, -0.05) is 36.6 Å². The Hall–Kier alpha value is -1.26. The van der Waals surface area contributed by atoms with E-state index in [0.717, 1.165) is 49.8 Å². The minimum atomic E-state index is -0.609. The quantitative estimate of drug-likeness (QED) is 0.647. The Labute approximate surface area is 138 Å². The van der Waals surface area contributed by atoms with Crippen LogP contribution in [0.25, 0.3) is 0 Å². The van der Waals surface area contributed by atoms with Crippen molar-refractivity contribution < 1.29 is 5.11 Å². The second-order valence-corrected chi connectivity index (χ2v) is 6.52. The Morgan fingerprint density at radius 2 is 1.95 bits per heavy atom. The van der Waals surface area contributed by atoms with Crippen LogP contribution in [0.5, 0.6) is 0 Å². The van der Waals surface area contributed by atoms with Crippen LogP contribution in [0.3, 0.4) is 0 Å². The lowest BCUT2D eigenvalue weighted by Gasteiger charge is -2.25. The average molecular weight is 324 g/mol. The second-order valence-electron chi connectivity index (χ2n) is 6.08. The molecule has 22 heavy (non-hydrogen) atoms. The summed E-state index contributed by atoms with van der Waals surface area (Å²) in [7, 11) is 2.01. The molecule has 122 valence electrons. The Balaban J connectivity index is 2.00. The molecule has 0 bridgehead atoms. The molecule has 4 nitrogen and oxygen atoms in total. The summed E-state index contributed by atoms with van der Waals surface area (Å²) in [5, 5.41) is 14.5. The monoisotopic (exact) mass is 323 g/mol. The van der Waals surface area contributed by atoms with Crippen LogP contribution in [0, 0.1) is 0 Å². The molecule has 1 aliphatic carbocycles. The van der Waals surface area contributed by atoms with Gasteiger partial charge in [0.15, 0.2) is 5.96 Å². The lowest BCUT2D eigenvalue weighted by atomic mass is 10.0. The van der Waals surface area contributed by atoms with Gasteiger partial charge in [-0.2, -0.15) is 0 Å². The molecule has 1 saturated carbocycles. The first-order valence-electron chi connectivity index (χ1n) is 7.99. The smallest absolute Gasteiger partial charge is 0.194 e. The number of halogens is 1. The largest absolute Gasteiger partial charge is 0.388 e. The molecule has 2 N–H and O–H groups in total. The third-order valence-electron chi connectivity index (χ3n) is 4.09. The Morgan fingerprint density at radius 1 is 1.32 bits per heavy atom. The zero-order valence-electron chi connectivity index (χ0n) is 13.5. The molecule has 1 aromatic rings. The summed E-state index contributed by atoms with van der Waals surface area (Å²) in [6, 6.07) is 7.84. The maximum absolute atomic E-state index is 10.4. The molecule has 0 spiro atoms. The van der Waals surface area contributed by atoms with Crippen molar-refractivity contribution in [1.29, 1.82) is 0 Å². The molecule has 0 heterocycles. The molecule has 0 aromatic heterocycles. The van der Waals surface area contributed by atoms with Crippen LogP contribution in [-0.4, -0.2) is 41.7 Å². The van der Waals surface area contributed by atoms with Crippen molar-refractivity contribution >= 4 is 17.6 Å². The first kappa shape index (κ1) is 17.1. The summed E-state index contributed by atoms with van der Waals surface area (Å²) in [5.41, 5.74) is 0.569. The zero-order valence-corrected chi connectivity index (χ0v) is 14.2. The topological polar surface area (TPSA) is 47.9 Å². The van der Waals surface area contributed by atoms with Gasteiger partial charge in [0.1, 0.15) is 0 Å². The standard InChI is InChI=1S/C17H26ClN3O/c1-3-19-16(20-13-17(22)10-4-5-11-17)21(2)12-14-6-8-15(18)9-7-14/h6-9,22H,3-5,10-13H2,1-2H3,(H,19,20). The van der Waals surface area contributed by atoms with Gasteiger partial charge in [0.25, 0.3) is 0 Å².